The topological polar surface area (TPSA) is 29.5 Å². The Morgan fingerprint density at radius 3 is 2.50 bits per heavy atom. The minimum atomic E-state index is -4.33. The summed E-state index contributed by atoms with van der Waals surface area (Å²) in [6.45, 7) is 0.285. The van der Waals surface area contributed by atoms with E-state index in [4.69, 9.17) is 16.3 Å². The van der Waals surface area contributed by atoms with Crippen LogP contribution in [0.4, 0.5) is 13.2 Å². The lowest BCUT2D eigenvalue weighted by Gasteiger charge is -2.21. The standard InChI is InChI=1S/C13H15ClF3NO2/c1-3-18(8-13(15,16)17)7-11(19)9-4-5-12(20-2)10(14)6-9/h4-6H,3,7-8H2,1-2H3. The second-order valence-electron chi connectivity index (χ2n) is 4.19. The van der Waals surface area contributed by atoms with Gasteiger partial charge >= 0.3 is 6.18 Å². The number of carbonyl (C=O) groups is 1. The number of methoxy groups -OCH3 is 1. The Morgan fingerprint density at radius 2 is 2.05 bits per heavy atom. The molecule has 1 rings (SSSR count). The van der Waals surface area contributed by atoms with E-state index < -0.39 is 18.5 Å². The summed E-state index contributed by atoms with van der Waals surface area (Å²) in [4.78, 5) is 13.0. The van der Waals surface area contributed by atoms with Crippen molar-refractivity contribution in [3.05, 3.63) is 28.8 Å². The van der Waals surface area contributed by atoms with Crippen LogP contribution in [0.5, 0.6) is 5.75 Å². The molecule has 20 heavy (non-hydrogen) atoms. The van der Waals surface area contributed by atoms with Gasteiger partial charge in [0.05, 0.1) is 25.2 Å². The first-order valence-corrected chi connectivity index (χ1v) is 6.30. The Bertz CT molecular complexity index is 477. The van der Waals surface area contributed by atoms with E-state index in [1.54, 1.807) is 6.92 Å². The molecule has 1 aromatic rings. The first-order valence-electron chi connectivity index (χ1n) is 5.92. The molecule has 0 unspecified atom stereocenters. The second-order valence-corrected chi connectivity index (χ2v) is 4.60. The fourth-order valence-corrected chi connectivity index (χ4v) is 1.92. The Balaban J connectivity index is 2.77. The molecule has 0 radical (unpaired) electrons. The fourth-order valence-electron chi connectivity index (χ4n) is 1.67. The van der Waals surface area contributed by atoms with E-state index in [9.17, 15) is 18.0 Å². The Hall–Kier alpha value is -1.27. The molecular formula is C13H15ClF3NO2. The lowest BCUT2D eigenvalue weighted by atomic mass is 10.1. The number of rotatable bonds is 6. The van der Waals surface area contributed by atoms with Gasteiger partial charge < -0.3 is 4.74 Å². The summed E-state index contributed by atoms with van der Waals surface area (Å²) < 4.78 is 41.9. The zero-order valence-corrected chi connectivity index (χ0v) is 11.9. The van der Waals surface area contributed by atoms with E-state index in [1.807, 2.05) is 0 Å². The molecule has 0 aliphatic rings. The smallest absolute Gasteiger partial charge is 0.401 e. The quantitative estimate of drug-likeness (QED) is 0.754. The number of ketones is 1. The van der Waals surface area contributed by atoms with Crippen molar-refractivity contribution >= 4 is 17.4 Å². The fraction of sp³-hybridized carbons (Fsp3) is 0.462. The summed E-state index contributed by atoms with van der Waals surface area (Å²) in [6.07, 6.45) is -4.33. The molecule has 0 aliphatic carbocycles. The molecule has 0 heterocycles. The van der Waals surface area contributed by atoms with Crippen molar-refractivity contribution in [3.8, 4) is 5.75 Å². The molecule has 0 aromatic heterocycles. The summed E-state index contributed by atoms with van der Waals surface area (Å²) in [5.41, 5.74) is 0.261. The summed E-state index contributed by atoms with van der Waals surface area (Å²) >= 11 is 5.88. The van der Waals surface area contributed by atoms with Crippen LogP contribution in [0.15, 0.2) is 18.2 Å². The number of likely N-dealkylation sites (N-methyl/N-ethyl adjacent to an activating group) is 1. The molecule has 0 atom stereocenters. The predicted octanol–water partition coefficient (Wildman–Crippen LogP) is 3.42. The van der Waals surface area contributed by atoms with Gasteiger partial charge in [0.25, 0.3) is 0 Å². The van der Waals surface area contributed by atoms with Crippen molar-refractivity contribution in [2.45, 2.75) is 13.1 Å². The Labute approximate surface area is 120 Å². The van der Waals surface area contributed by atoms with Crippen LogP contribution in [0.1, 0.15) is 17.3 Å². The maximum atomic E-state index is 12.3. The van der Waals surface area contributed by atoms with Crippen molar-refractivity contribution in [2.75, 3.05) is 26.7 Å². The number of hydrogen-bond donors (Lipinski definition) is 0. The molecule has 112 valence electrons. The van der Waals surface area contributed by atoms with Gasteiger partial charge in [-0.1, -0.05) is 18.5 Å². The number of halogens is 4. The van der Waals surface area contributed by atoms with Crippen LogP contribution < -0.4 is 4.74 Å². The van der Waals surface area contributed by atoms with Gasteiger partial charge in [0.15, 0.2) is 5.78 Å². The van der Waals surface area contributed by atoms with E-state index in [2.05, 4.69) is 0 Å². The molecule has 0 amide bonds. The highest BCUT2D eigenvalue weighted by Crippen LogP contribution is 2.25. The number of nitrogens with zero attached hydrogens (tertiary/aromatic N) is 1. The minimum absolute atomic E-state index is 0.134. The van der Waals surface area contributed by atoms with Gasteiger partial charge in [0.2, 0.25) is 0 Å². The predicted molar refractivity (Wildman–Crippen MR) is 70.5 cm³/mol. The van der Waals surface area contributed by atoms with Crippen LogP contribution in [0.2, 0.25) is 5.02 Å². The number of benzene rings is 1. The summed E-state index contributed by atoms with van der Waals surface area (Å²) in [6, 6.07) is 4.38. The third-order valence-corrected chi connectivity index (χ3v) is 2.99. The van der Waals surface area contributed by atoms with E-state index in [0.29, 0.717) is 5.75 Å². The largest absolute Gasteiger partial charge is 0.495 e. The molecule has 7 heteroatoms. The monoisotopic (exact) mass is 309 g/mol. The van der Waals surface area contributed by atoms with E-state index in [-0.39, 0.29) is 23.7 Å². The van der Waals surface area contributed by atoms with Crippen LogP contribution in [0.3, 0.4) is 0 Å². The molecule has 3 nitrogen and oxygen atoms in total. The maximum Gasteiger partial charge on any atom is 0.401 e. The number of hydrogen-bond acceptors (Lipinski definition) is 3. The van der Waals surface area contributed by atoms with Gasteiger partial charge in [-0.15, -0.1) is 0 Å². The van der Waals surface area contributed by atoms with Crippen LogP contribution in [-0.2, 0) is 0 Å². The van der Waals surface area contributed by atoms with Crippen molar-refractivity contribution in [1.82, 2.24) is 4.90 Å². The highest BCUT2D eigenvalue weighted by molar-refractivity contribution is 6.32. The van der Waals surface area contributed by atoms with E-state index >= 15 is 0 Å². The Kier molecular flexibility index (Phi) is 5.83. The van der Waals surface area contributed by atoms with Gasteiger partial charge in [0.1, 0.15) is 5.75 Å². The Morgan fingerprint density at radius 1 is 1.40 bits per heavy atom. The summed E-state index contributed by atoms with van der Waals surface area (Å²) in [5.74, 6) is -0.00786. The summed E-state index contributed by atoms with van der Waals surface area (Å²) in [7, 11) is 1.44. The number of ether oxygens (including phenoxy) is 1. The van der Waals surface area contributed by atoms with Gasteiger partial charge in [-0.2, -0.15) is 13.2 Å². The van der Waals surface area contributed by atoms with Gasteiger partial charge in [0, 0.05) is 5.56 Å². The number of Topliss-reactive ketones (excluding diaryl/α,β-unsaturated/α-hetero) is 1. The van der Waals surface area contributed by atoms with Crippen LogP contribution in [0, 0.1) is 0 Å². The van der Waals surface area contributed by atoms with Crippen LogP contribution >= 0.6 is 11.6 Å². The van der Waals surface area contributed by atoms with Gasteiger partial charge in [-0.3, -0.25) is 9.69 Å². The lowest BCUT2D eigenvalue weighted by Crippen LogP contribution is -2.37. The van der Waals surface area contributed by atoms with Crippen molar-refractivity contribution in [3.63, 3.8) is 0 Å². The molecule has 0 fully saturated rings. The molecule has 0 spiro atoms. The lowest BCUT2D eigenvalue weighted by molar-refractivity contribution is -0.144. The van der Waals surface area contributed by atoms with E-state index in [0.717, 1.165) is 4.90 Å². The average Bonchev–Trinajstić information content (AvgIpc) is 2.36. The van der Waals surface area contributed by atoms with Crippen molar-refractivity contribution < 1.29 is 22.7 Å². The molecule has 0 saturated carbocycles. The van der Waals surface area contributed by atoms with Gasteiger partial charge in [-0.05, 0) is 24.7 Å². The summed E-state index contributed by atoms with van der Waals surface area (Å²) in [5, 5.41) is 0.247. The SMILES string of the molecule is CCN(CC(=O)c1ccc(OC)c(Cl)c1)CC(F)(F)F. The number of alkyl halides is 3. The minimum Gasteiger partial charge on any atom is -0.495 e. The maximum absolute atomic E-state index is 12.3. The van der Waals surface area contributed by atoms with Crippen LogP contribution in [0.25, 0.3) is 0 Å². The highest BCUT2D eigenvalue weighted by Gasteiger charge is 2.30. The zero-order valence-electron chi connectivity index (χ0n) is 11.1. The molecule has 1 aromatic carbocycles. The van der Waals surface area contributed by atoms with Crippen molar-refractivity contribution in [2.24, 2.45) is 0 Å². The molecule has 0 saturated heterocycles. The average molecular weight is 310 g/mol. The van der Waals surface area contributed by atoms with Gasteiger partial charge in [-0.25, -0.2) is 0 Å². The van der Waals surface area contributed by atoms with Crippen LogP contribution in [-0.4, -0.2) is 43.6 Å². The first kappa shape index (κ1) is 16.8. The number of carbonyl (C=O) groups excluding carboxylic acids is 1. The van der Waals surface area contributed by atoms with E-state index in [1.165, 1.54) is 25.3 Å². The molecule has 0 N–H and O–H groups in total. The first-order chi connectivity index (χ1) is 9.26. The molecule has 0 bridgehead atoms. The third kappa shape index (κ3) is 5.02. The second kappa shape index (κ2) is 6.95. The molecule has 0 aliphatic heterocycles. The normalized spacial score (nSPS) is 11.8. The third-order valence-electron chi connectivity index (χ3n) is 2.69. The zero-order chi connectivity index (χ0) is 15.3. The molecular weight excluding hydrogens is 295 g/mol. The highest BCUT2D eigenvalue weighted by atomic mass is 35.5. The van der Waals surface area contributed by atoms with Crippen molar-refractivity contribution in [1.29, 1.82) is 0 Å².